The zero-order valence-electron chi connectivity index (χ0n) is 20.7. The normalized spacial score (nSPS) is 15.0. The van der Waals surface area contributed by atoms with E-state index in [-0.39, 0.29) is 6.04 Å². The van der Waals surface area contributed by atoms with Gasteiger partial charge in [-0.2, -0.15) is 0 Å². The van der Waals surface area contributed by atoms with Crippen LogP contribution in [0.25, 0.3) is 11.1 Å². The van der Waals surface area contributed by atoms with Crippen molar-refractivity contribution in [3.8, 4) is 11.5 Å². The van der Waals surface area contributed by atoms with Crippen LogP contribution in [0.4, 0.5) is 5.82 Å². The molecule has 0 saturated heterocycles. The fraction of sp³-hybridized carbons (Fsp3) is 0.172. The van der Waals surface area contributed by atoms with Crippen molar-refractivity contribution >= 4 is 45.6 Å². The summed E-state index contributed by atoms with van der Waals surface area (Å²) in [4.78, 5) is 15.9. The van der Waals surface area contributed by atoms with Gasteiger partial charge >= 0.3 is 0 Å². The first-order valence-corrected chi connectivity index (χ1v) is 14.1. The van der Waals surface area contributed by atoms with Crippen LogP contribution >= 0.6 is 23.5 Å². The number of para-hydroxylation sites is 1. The minimum atomic E-state index is 0.275. The minimum Gasteiger partial charge on any atom is -0.453 e. The Morgan fingerprint density at radius 2 is 1.87 bits per heavy atom. The summed E-state index contributed by atoms with van der Waals surface area (Å²) in [5.74, 6) is 2.95. The van der Waals surface area contributed by atoms with Crippen LogP contribution in [-0.4, -0.2) is 32.1 Å². The van der Waals surface area contributed by atoms with E-state index in [0.29, 0.717) is 17.3 Å². The van der Waals surface area contributed by atoms with E-state index in [4.69, 9.17) is 19.2 Å². The standard InChI is InChI=1S/C29H25N5O2S2/c1-19-26-25(14-15-30-28(26)36-34-19)38-23-16-24(35-22-10-6-3-7-11-22)27(31-17-23)33-29-32-21(18-37-29)13-12-20-8-4-2-5-9-20/h2-11,14-17,21H,12-13,18H2,1H3,(H,31,32,33). The minimum absolute atomic E-state index is 0.275. The molecule has 7 nitrogen and oxygen atoms in total. The molecule has 190 valence electrons. The molecule has 3 aromatic heterocycles. The SMILES string of the molecule is Cc1noc2nccc(Sc3cnc(NC4=NC(CCc5ccccc5)CS4)c(Oc4ccccc4)c3)c12. The summed E-state index contributed by atoms with van der Waals surface area (Å²) in [6.07, 6.45) is 5.60. The van der Waals surface area contributed by atoms with Crippen LogP contribution < -0.4 is 10.1 Å². The van der Waals surface area contributed by atoms with Gasteiger partial charge in [-0.05, 0) is 43.5 Å². The average molecular weight is 540 g/mol. The number of hydrogen-bond acceptors (Lipinski definition) is 9. The topological polar surface area (TPSA) is 85.4 Å². The number of aryl methyl sites for hydroxylation is 2. The number of rotatable bonds is 8. The average Bonchev–Trinajstić information content (AvgIpc) is 3.57. The second-order valence-corrected chi connectivity index (χ2v) is 11.0. The van der Waals surface area contributed by atoms with Crippen molar-refractivity contribution in [1.82, 2.24) is 15.1 Å². The van der Waals surface area contributed by atoms with Gasteiger partial charge in [-0.15, -0.1) is 0 Å². The van der Waals surface area contributed by atoms with Crippen molar-refractivity contribution in [2.75, 3.05) is 11.1 Å². The smallest absolute Gasteiger partial charge is 0.259 e. The van der Waals surface area contributed by atoms with Crippen molar-refractivity contribution in [2.24, 2.45) is 4.99 Å². The van der Waals surface area contributed by atoms with Gasteiger partial charge in [0, 0.05) is 34.0 Å². The summed E-state index contributed by atoms with van der Waals surface area (Å²) in [7, 11) is 0. The maximum atomic E-state index is 6.28. The highest BCUT2D eigenvalue weighted by Crippen LogP contribution is 2.38. The molecule has 0 fully saturated rings. The van der Waals surface area contributed by atoms with E-state index in [1.807, 2.05) is 61.7 Å². The number of benzene rings is 2. The maximum absolute atomic E-state index is 6.28. The van der Waals surface area contributed by atoms with E-state index in [1.165, 1.54) is 5.56 Å². The number of ether oxygens (including phenoxy) is 1. The lowest BCUT2D eigenvalue weighted by molar-refractivity contribution is 0.443. The van der Waals surface area contributed by atoms with Crippen LogP contribution in [0.1, 0.15) is 17.7 Å². The molecule has 1 N–H and O–H groups in total. The molecule has 0 aliphatic carbocycles. The Kier molecular flexibility index (Phi) is 7.28. The molecule has 1 unspecified atom stereocenters. The van der Waals surface area contributed by atoms with Crippen molar-refractivity contribution in [2.45, 2.75) is 35.6 Å². The van der Waals surface area contributed by atoms with Gasteiger partial charge in [0.05, 0.1) is 17.1 Å². The largest absolute Gasteiger partial charge is 0.453 e. The van der Waals surface area contributed by atoms with Crippen LogP contribution in [0, 0.1) is 6.92 Å². The molecule has 1 atom stereocenters. The number of aromatic nitrogens is 3. The molecule has 4 heterocycles. The monoisotopic (exact) mass is 539 g/mol. The van der Waals surface area contributed by atoms with Crippen LogP contribution in [0.3, 0.4) is 0 Å². The zero-order chi connectivity index (χ0) is 25.7. The second kappa shape index (κ2) is 11.3. The van der Waals surface area contributed by atoms with E-state index in [0.717, 1.165) is 50.4 Å². The number of amidine groups is 1. The number of pyridine rings is 2. The molecule has 1 aliphatic heterocycles. The Hall–Kier alpha value is -3.82. The molecule has 2 aromatic carbocycles. The molecule has 9 heteroatoms. The molecule has 38 heavy (non-hydrogen) atoms. The van der Waals surface area contributed by atoms with Crippen molar-refractivity contribution < 1.29 is 9.26 Å². The summed E-state index contributed by atoms with van der Waals surface area (Å²) in [6.45, 7) is 1.92. The molecular weight excluding hydrogens is 514 g/mol. The lowest BCUT2D eigenvalue weighted by atomic mass is 10.1. The van der Waals surface area contributed by atoms with Gasteiger partial charge in [0.2, 0.25) is 0 Å². The summed E-state index contributed by atoms with van der Waals surface area (Å²) < 4.78 is 11.6. The van der Waals surface area contributed by atoms with Crippen molar-refractivity contribution in [3.05, 3.63) is 96.4 Å². The van der Waals surface area contributed by atoms with Crippen LogP contribution in [0.2, 0.25) is 0 Å². The first-order valence-electron chi connectivity index (χ1n) is 12.3. The lowest BCUT2D eigenvalue weighted by Gasteiger charge is -2.13. The first-order chi connectivity index (χ1) is 18.7. The molecular formula is C29H25N5O2S2. The van der Waals surface area contributed by atoms with E-state index >= 15 is 0 Å². The number of anilines is 1. The highest BCUT2D eigenvalue weighted by atomic mass is 32.2. The van der Waals surface area contributed by atoms with Crippen molar-refractivity contribution in [1.29, 1.82) is 0 Å². The number of nitrogens with zero attached hydrogens (tertiary/aromatic N) is 4. The number of thioether (sulfide) groups is 1. The number of fused-ring (bicyclic) bond motifs is 1. The van der Waals surface area contributed by atoms with Gasteiger partial charge in [0.1, 0.15) is 5.75 Å². The molecule has 0 saturated carbocycles. The first kappa shape index (κ1) is 24.5. The molecule has 0 radical (unpaired) electrons. The highest BCUT2D eigenvalue weighted by molar-refractivity contribution is 8.14. The third-order valence-corrected chi connectivity index (χ3v) is 8.13. The molecule has 5 aromatic rings. The van der Waals surface area contributed by atoms with Crippen LogP contribution in [0.15, 0.2) is 104 Å². The van der Waals surface area contributed by atoms with Gasteiger partial charge < -0.3 is 14.6 Å². The van der Waals surface area contributed by atoms with E-state index in [1.54, 1.807) is 29.7 Å². The highest BCUT2D eigenvalue weighted by Gasteiger charge is 2.21. The fourth-order valence-corrected chi connectivity index (χ4v) is 6.15. The van der Waals surface area contributed by atoms with E-state index in [2.05, 4.69) is 39.7 Å². The maximum Gasteiger partial charge on any atom is 0.259 e. The summed E-state index contributed by atoms with van der Waals surface area (Å²) in [5, 5.41) is 9.25. The Morgan fingerprint density at radius 3 is 2.71 bits per heavy atom. The Morgan fingerprint density at radius 1 is 1.05 bits per heavy atom. The lowest BCUT2D eigenvalue weighted by Crippen LogP contribution is -2.09. The van der Waals surface area contributed by atoms with Gasteiger partial charge in [-0.3, -0.25) is 4.99 Å². The van der Waals surface area contributed by atoms with Crippen LogP contribution in [0.5, 0.6) is 11.5 Å². The van der Waals surface area contributed by atoms with Gasteiger partial charge in [-0.1, -0.05) is 77.2 Å². The van der Waals surface area contributed by atoms with E-state index < -0.39 is 0 Å². The molecule has 0 amide bonds. The molecule has 0 bridgehead atoms. The summed E-state index contributed by atoms with van der Waals surface area (Å²) in [5.41, 5.74) is 2.67. The Labute approximate surface area is 229 Å². The third kappa shape index (κ3) is 5.69. The molecule has 1 aliphatic rings. The zero-order valence-corrected chi connectivity index (χ0v) is 22.3. The van der Waals surface area contributed by atoms with Crippen molar-refractivity contribution in [3.63, 3.8) is 0 Å². The Balaban J connectivity index is 1.23. The number of nitrogens with one attached hydrogen (secondary N) is 1. The summed E-state index contributed by atoms with van der Waals surface area (Å²) in [6, 6.07) is 24.5. The van der Waals surface area contributed by atoms with Gasteiger partial charge in [0.25, 0.3) is 5.71 Å². The summed E-state index contributed by atoms with van der Waals surface area (Å²) >= 11 is 3.29. The van der Waals surface area contributed by atoms with Gasteiger partial charge in [-0.25, -0.2) is 9.97 Å². The van der Waals surface area contributed by atoms with Crippen LogP contribution in [-0.2, 0) is 6.42 Å². The van der Waals surface area contributed by atoms with E-state index in [9.17, 15) is 0 Å². The fourth-order valence-electron chi connectivity index (χ4n) is 4.18. The predicted molar refractivity (Wildman–Crippen MR) is 153 cm³/mol. The predicted octanol–water partition coefficient (Wildman–Crippen LogP) is 7.39. The second-order valence-electron chi connectivity index (χ2n) is 8.84. The third-order valence-electron chi connectivity index (χ3n) is 6.08. The Bertz CT molecular complexity index is 1570. The molecule has 6 rings (SSSR count). The molecule has 0 spiro atoms. The van der Waals surface area contributed by atoms with Gasteiger partial charge in [0.15, 0.2) is 16.7 Å². The number of hydrogen-bond donors (Lipinski definition) is 1. The number of aliphatic imine (C=N–C) groups is 1. The quantitative estimate of drug-likeness (QED) is 0.218.